The van der Waals surface area contributed by atoms with Crippen molar-refractivity contribution >= 4 is 39.8 Å². The largest absolute Gasteiger partial charge is 0.357 e. The number of sulfone groups is 1. The number of benzene rings is 1. The number of rotatable bonds is 6. The van der Waals surface area contributed by atoms with Gasteiger partial charge in [0.05, 0.1) is 18.1 Å². The number of aliphatic imine (C=N–C) groups is 1. The number of nitrogens with zero attached hydrogens (tertiary/aromatic N) is 2. The Morgan fingerprint density at radius 2 is 1.77 bits per heavy atom. The summed E-state index contributed by atoms with van der Waals surface area (Å²) < 4.78 is 23.3. The van der Waals surface area contributed by atoms with Gasteiger partial charge in [0.2, 0.25) is 0 Å². The molecule has 0 amide bonds. The standard InChI is InChI=1S/C22H36N4O2S.HI/c1-4-23-22(25-21-9-10-29(27,28)16-21)24-12-19-5-7-20(8-6-19)15-26-13-17(2)11-18(3)14-26;/h5-8,17-18,21H,4,9-16H2,1-3H3,(H2,23,24,25);1H. The van der Waals surface area contributed by atoms with E-state index in [-0.39, 0.29) is 41.5 Å². The number of nitrogens with one attached hydrogen (secondary N) is 2. The van der Waals surface area contributed by atoms with E-state index in [0.29, 0.717) is 18.9 Å². The zero-order valence-corrected chi connectivity index (χ0v) is 21.6. The Morgan fingerprint density at radius 1 is 1.13 bits per heavy atom. The second-order valence-electron chi connectivity index (χ2n) is 8.90. The van der Waals surface area contributed by atoms with Crippen LogP contribution in [0.3, 0.4) is 0 Å². The molecule has 0 aliphatic carbocycles. The summed E-state index contributed by atoms with van der Waals surface area (Å²) in [6.07, 6.45) is 1.98. The van der Waals surface area contributed by atoms with E-state index in [2.05, 4.69) is 58.6 Å². The van der Waals surface area contributed by atoms with E-state index in [0.717, 1.165) is 30.5 Å². The van der Waals surface area contributed by atoms with Crippen molar-refractivity contribution in [1.29, 1.82) is 0 Å². The fourth-order valence-corrected chi connectivity index (χ4v) is 6.20. The first-order chi connectivity index (χ1) is 13.8. The second kappa shape index (κ2) is 11.7. The molecule has 30 heavy (non-hydrogen) atoms. The van der Waals surface area contributed by atoms with E-state index >= 15 is 0 Å². The summed E-state index contributed by atoms with van der Waals surface area (Å²) in [4.78, 5) is 7.21. The van der Waals surface area contributed by atoms with Crippen LogP contribution in [0.25, 0.3) is 0 Å². The fourth-order valence-electron chi connectivity index (χ4n) is 4.52. The van der Waals surface area contributed by atoms with Crippen LogP contribution < -0.4 is 10.6 Å². The summed E-state index contributed by atoms with van der Waals surface area (Å²) in [7, 11) is -2.90. The number of hydrogen-bond acceptors (Lipinski definition) is 4. The van der Waals surface area contributed by atoms with Crippen molar-refractivity contribution in [2.24, 2.45) is 16.8 Å². The maximum atomic E-state index is 11.7. The molecular formula is C22H37IN4O2S. The van der Waals surface area contributed by atoms with Gasteiger partial charge in [-0.3, -0.25) is 4.90 Å². The van der Waals surface area contributed by atoms with Gasteiger partial charge < -0.3 is 10.6 Å². The molecule has 170 valence electrons. The molecule has 2 saturated heterocycles. The van der Waals surface area contributed by atoms with E-state index in [4.69, 9.17) is 0 Å². The van der Waals surface area contributed by atoms with Gasteiger partial charge in [0, 0.05) is 32.2 Å². The minimum atomic E-state index is -2.90. The topological polar surface area (TPSA) is 73.8 Å². The smallest absolute Gasteiger partial charge is 0.191 e. The highest BCUT2D eigenvalue weighted by Gasteiger charge is 2.28. The van der Waals surface area contributed by atoms with Crippen molar-refractivity contribution in [3.05, 3.63) is 35.4 Å². The highest BCUT2D eigenvalue weighted by atomic mass is 127. The predicted octanol–water partition coefficient (Wildman–Crippen LogP) is 3.02. The molecule has 1 aromatic rings. The molecule has 8 heteroatoms. The Hall–Kier alpha value is -0.870. The van der Waals surface area contributed by atoms with Gasteiger partial charge in [0.25, 0.3) is 0 Å². The summed E-state index contributed by atoms with van der Waals surface area (Å²) in [5, 5.41) is 6.49. The van der Waals surface area contributed by atoms with Gasteiger partial charge in [0.1, 0.15) is 0 Å². The maximum Gasteiger partial charge on any atom is 0.191 e. The van der Waals surface area contributed by atoms with Crippen molar-refractivity contribution in [2.75, 3.05) is 31.1 Å². The molecule has 3 atom stereocenters. The lowest BCUT2D eigenvalue weighted by atomic mass is 9.91. The summed E-state index contributed by atoms with van der Waals surface area (Å²) >= 11 is 0. The number of guanidine groups is 1. The van der Waals surface area contributed by atoms with E-state index in [1.807, 2.05) is 6.92 Å². The van der Waals surface area contributed by atoms with Crippen LogP contribution in [0.2, 0.25) is 0 Å². The number of likely N-dealkylation sites (tertiary alicyclic amines) is 1. The van der Waals surface area contributed by atoms with Crippen molar-refractivity contribution in [2.45, 2.75) is 52.7 Å². The fraction of sp³-hybridized carbons (Fsp3) is 0.682. The molecular weight excluding hydrogens is 511 g/mol. The third-order valence-corrected chi connectivity index (χ3v) is 7.48. The quantitative estimate of drug-likeness (QED) is 0.325. The number of piperidine rings is 1. The Kier molecular flexibility index (Phi) is 9.87. The summed E-state index contributed by atoms with van der Waals surface area (Å²) in [6, 6.07) is 8.67. The SMILES string of the molecule is CCNC(=NCc1ccc(CN2CC(C)CC(C)C2)cc1)NC1CCS(=O)(=O)C1.I. The maximum absolute atomic E-state index is 11.7. The Bertz CT molecular complexity index is 788. The van der Waals surface area contributed by atoms with Gasteiger partial charge in [-0.2, -0.15) is 0 Å². The number of hydrogen-bond donors (Lipinski definition) is 2. The van der Waals surface area contributed by atoms with Crippen LogP contribution >= 0.6 is 24.0 Å². The highest BCUT2D eigenvalue weighted by Crippen LogP contribution is 2.22. The molecule has 0 aromatic heterocycles. The molecule has 0 bridgehead atoms. The van der Waals surface area contributed by atoms with Crippen LogP contribution in [0.4, 0.5) is 0 Å². The highest BCUT2D eigenvalue weighted by molar-refractivity contribution is 14.0. The lowest BCUT2D eigenvalue weighted by molar-refractivity contribution is 0.134. The second-order valence-corrected chi connectivity index (χ2v) is 11.1. The van der Waals surface area contributed by atoms with E-state index < -0.39 is 9.84 Å². The molecule has 1 aromatic carbocycles. The third-order valence-electron chi connectivity index (χ3n) is 5.71. The zero-order valence-electron chi connectivity index (χ0n) is 18.4. The Labute approximate surface area is 199 Å². The molecule has 6 nitrogen and oxygen atoms in total. The molecule has 2 fully saturated rings. The molecule has 2 N–H and O–H groups in total. The predicted molar refractivity (Wildman–Crippen MR) is 135 cm³/mol. The lowest BCUT2D eigenvalue weighted by Crippen LogP contribution is -2.44. The van der Waals surface area contributed by atoms with Gasteiger partial charge in [0.15, 0.2) is 15.8 Å². The minimum absolute atomic E-state index is 0. The van der Waals surface area contributed by atoms with Crippen LogP contribution in [0, 0.1) is 11.8 Å². The summed E-state index contributed by atoms with van der Waals surface area (Å²) in [6.45, 7) is 11.4. The van der Waals surface area contributed by atoms with Crippen molar-refractivity contribution in [3.63, 3.8) is 0 Å². The lowest BCUT2D eigenvalue weighted by Gasteiger charge is -2.35. The average Bonchev–Trinajstić information content (AvgIpc) is 2.99. The molecule has 2 heterocycles. The first-order valence-electron chi connectivity index (χ1n) is 10.9. The Morgan fingerprint density at radius 3 is 2.33 bits per heavy atom. The van der Waals surface area contributed by atoms with Crippen molar-refractivity contribution in [3.8, 4) is 0 Å². The van der Waals surface area contributed by atoms with E-state index in [9.17, 15) is 8.42 Å². The first-order valence-corrected chi connectivity index (χ1v) is 12.7. The molecule has 2 aliphatic heterocycles. The number of halogens is 1. The molecule has 2 aliphatic rings. The molecule has 0 radical (unpaired) electrons. The molecule has 3 unspecified atom stereocenters. The summed E-state index contributed by atoms with van der Waals surface area (Å²) in [5.41, 5.74) is 2.51. The van der Waals surface area contributed by atoms with Gasteiger partial charge in [-0.1, -0.05) is 38.1 Å². The summed E-state index contributed by atoms with van der Waals surface area (Å²) in [5.74, 6) is 2.70. The van der Waals surface area contributed by atoms with Crippen molar-refractivity contribution < 1.29 is 8.42 Å². The van der Waals surface area contributed by atoms with Crippen LogP contribution in [0.5, 0.6) is 0 Å². The van der Waals surface area contributed by atoms with E-state index in [1.54, 1.807) is 0 Å². The van der Waals surface area contributed by atoms with Crippen LogP contribution in [-0.4, -0.2) is 56.5 Å². The van der Waals surface area contributed by atoms with Gasteiger partial charge in [-0.15, -0.1) is 24.0 Å². The monoisotopic (exact) mass is 548 g/mol. The van der Waals surface area contributed by atoms with Gasteiger partial charge in [-0.25, -0.2) is 13.4 Å². The van der Waals surface area contributed by atoms with Crippen molar-refractivity contribution in [1.82, 2.24) is 15.5 Å². The van der Waals surface area contributed by atoms with Crippen LogP contribution in [0.15, 0.2) is 29.3 Å². The molecule has 3 rings (SSSR count). The normalized spacial score (nSPS) is 26.8. The third kappa shape index (κ3) is 8.00. The van der Waals surface area contributed by atoms with Crippen LogP contribution in [-0.2, 0) is 22.9 Å². The van der Waals surface area contributed by atoms with Crippen LogP contribution in [0.1, 0.15) is 44.7 Å². The Balaban J connectivity index is 0.00000320. The molecule has 0 spiro atoms. The minimum Gasteiger partial charge on any atom is -0.357 e. The first kappa shape index (κ1) is 25.4. The van der Waals surface area contributed by atoms with E-state index in [1.165, 1.54) is 25.1 Å². The molecule has 0 saturated carbocycles. The van der Waals surface area contributed by atoms with Gasteiger partial charge in [-0.05, 0) is 42.7 Å². The average molecular weight is 549 g/mol. The zero-order chi connectivity index (χ0) is 20.9. The van der Waals surface area contributed by atoms with Gasteiger partial charge >= 0.3 is 0 Å².